The van der Waals surface area contributed by atoms with Crippen LogP contribution < -0.4 is 5.32 Å². The van der Waals surface area contributed by atoms with E-state index in [1.807, 2.05) is 0 Å². The van der Waals surface area contributed by atoms with Gasteiger partial charge >= 0.3 is 5.97 Å². The van der Waals surface area contributed by atoms with E-state index in [2.05, 4.69) is 21.2 Å². The Balaban J connectivity index is 2.31. The van der Waals surface area contributed by atoms with Crippen LogP contribution in [0.2, 0.25) is 0 Å². The van der Waals surface area contributed by atoms with Crippen molar-refractivity contribution in [3.05, 3.63) is 63.6 Å². The highest BCUT2D eigenvalue weighted by Gasteiger charge is 2.13. The van der Waals surface area contributed by atoms with E-state index >= 15 is 0 Å². The van der Waals surface area contributed by atoms with Crippen LogP contribution in [-0.4, -0.2) is 17.0 Å². The molecule has 108 valence electrons. The van der Waals surface area contributed by atoms with Gasteiger partial charge in [-0.05, 0) is 46.3 Å². The molecular formula is C14H8BrF2NO3. The molecule has 1 amide bonds. The van der Waals surface area contributed by atoms with E-state index in [1.54, 1.807) is 0 Å². The van der Waals surface area contributed by atoms with Crippen molar-refractivity contribution in [1.29, 1.82) is 0 Å². The van der Waals surface area contributed by atoms with Crippen molar-refractivity contribution in [2.45, 2.75) is 0 Å². The summed E-state index contributed by atoms with van der Waals surface area (Å²) in [5.41, 5.74) is -0.0522. The van der Waals surface area contributed by atoms with Crippen LogP contribution in [0, 0.1) is 11.6 Å². The molecule has 0 aromatic heterocycles. The van der Waals surface area contributed by atoms with Gasteiger partial charge in [0.15, 0.2) is 0 Å². The first kappa shape index (κ1) is 15.1. The maximum Gasteiger partial charge on any atom is 0.335 e. The highest BCUT2D eigenvalue weighted by Crippen LogP contribution is 2.24. The minimum absolute atomic E-state index is 0.0288. The minimum Gasteiger partial charge on any atom is -0.478 e. The van der Waals surface area contributed by atoms with E-state index in [0.717, 1.165) is 12.1 Å². The summed E-state index contributed by atoms with van der Waals surface area (Å²) in [7, 11) is 0. The zero-order valence-electron chi connectivity index (χ0n) is 10.4. The van der Waals surface area contributed by atoms with Crippen molar-refractivity contribution in [3.8, 4) is 0 Å². The van der Waals surface area contributed by atoms with Gasteiger partial charge in [0.1, 0.15) is 11.6 Å². The number of hydrogen-bond acceptors (Lipinski definition) is 2. The van der Waals surface area contributed by atoms with Gasteiger partial charge in [0.05, 0.1) is 11.3 Å². The second kappa shape index (κ2) is 6.01. The third-order valence-electron chi connectivity index (χ3n) is 2.59. The monoisotopic (exact) mass is 355 g/mol. The lowest BCUT2D eigenvalue weighted by atomic mass is 10.1. The lowest BCUT2D eigenvalue weighted by Crippen LogP contribution is -2.13. The zero-order chi connectivity index (χ0) is 15.6. The van der Waals surface area contributed by atoms with Crippen molar-refractivity contribution >= 4 is 33.5 Å². The Labute approximate surface area is 126 Å². The van der Waals surface area contributed by atoms with Crippen LogP contribution in [0.25, 0.3) is 0 Å². The van der Waals surface area contributed by atoms with E-state index in [0.29, 0.717) is 10.5 Å². The zero-order valence-corrected chi connectivity index (χ0v) is 11.9. The maximum atomic E-state index is 13.1. The molecule has 0 fully saturated rings. The second-order valence-corrected chi connectivity index (χ2v) is 4.97. The molecule has 0 unspecified atom stereocenters. The van der Waals surface area contributed by atoms with Crippen molar-refractivity contribution in [2.75, 3.05) is 5.32 Å². The van der Waals surface area contributed by atoms with Crippen molar-refractivity contribution in [3.63, 3.8) is 0 Å². The number of halogens is 3. The molecule has 0 heterocycles. The lowest BCUT2D eigenvalue weighted by Gasteiger charge is -2.08. The van der Waals surface area contributed by atoms with Crippen LogP contribution in [0.4, 0.5) is 14.5 Å². The summed E-state index contributed by atoms with van der Waals surface area (Å²) in [5.74, 6) is -3.66. The molecule has 0 aliphatic heterocycles. The summed E-state index contributed by atoms with van der Waals surface area (Å²) in [4.78, 5) is 22.8. The smallest absolute Gasteiger partial charge is 0.335 e. The first-order valence-electron chi connectivity index (χ1n) is 5.67. The summed E-state index contributed by atoms with van der Waals surface area (Å²) < 4.78 is 26.6. The molecule has 2 rings (SSSR count). The summed E-state index contributed by atoms with van der Waals surface area (Å²) in [5, 5.41) is 11.3. The van der Waals surface area contributed by atoms with Gasteiger partial charge in [-0.2, -0.15) is 0 Å². The molecule has 0 aliphatic carbocycles. The van der Waals surface area contributed by atoms with Gasteiger partial charge in [-0.15, -0.1) is 0 Å². The fourth-order valence-electron chi connectivity index (χ4n) is 1.63. The molecule has 7 heteroatoms. The SMILES string of the molecule is O=C(O)c1ccc(Br)c(NC(=O)c2cc(F)cc(F)c2)c1. The normalized spacial score (nSPS) is 10.2. The van der Waals surface area contributed by atoms with Crippen LogP contribution in [0.3, 0.4) is 0 Å². The Kier molecular flexibility index (Phi) is 4.32. The largest absolute Gasteiger partial charge is 0.478 e. The van der Waals surface area contributed by atoms with Crippen LogP contribution in [0.5, 0.6) is 0 Å². The number of carbonyl (C=O) groups excluding carboxylic acids is 1. The number of rotatable bonds is 3. The van der Waals surface area contributed by atoms with E-state index in [4.69, 9.17) is 5.11 Å². The first-order chi connectivity index (χ1) is 9.86. The van der Waals surface area contributed by atoms with Gasteiger partial charge in [-0.3, -0.25) is 4.79 Å². The number of carbonyl (C=O) groups is 2. The number of amides is 1. The molecule has 0 saturated heterocycles. The Morgan fingerprint density at radius 3 is 2.19 bits per heavy atom. The summed E-state index contributed by atoms with van der Waals surface area (Å²) in [6.07, 6.45) is 0. The molecule has 0 aliphatic rings. The molecule has 21 heavy (non-hydrogen) atoms. The second-order valence-electron chi connectivity index (χ2n) is 4.11. The van der Waals surface area contributed by atoms with Crippen molar-refractivity contribution in [1.82, 2.24) is 0 Å². The van der Waals surface area contributed by atoms with Crippen LogP contribution in [-0.2, 0) is 0 Å². The highest BCUT2D eigenvalue weighted by molar-refractivity contribution is 9.10. The average Bonchev–Trinajstić information content (AvgIpc) is 2.39. The standard InChI is InChI=1S/C14H8BrF2NO3/c15-11-2-1-7(14(20)21)5-12(11)18-13(19)8-3-9(16)6-10(17)4-8/h1-6H,(H,18,19)(H,20,21). The average molecular weight is 356 g/mol. The molecule has 2 N–H and O–H groups in total. The summed E-state index contributed by atoms with van der Waals surface area (Å²) in [6.45, 7) is 0. The topological polar surface area (TPSA) is 66.4 Å². The van der Waals surface area contributed by atoms with Crippen LogP contribution in [0.1, 0.15) is 20.7 Å². The number of benzene rings is 2. The van der Waals surface area contributed by atoms with Crippen molar-refractivity contribution in [2.24, 2.45) is 0 Å². The summed E-state index contributed by atoms with van der Waals surface area (Å²) >= 11 is 3.15. The van der Waals surface area contributed by atoms with E-state index in [-0.39, 0.29) is 16.8 Å². The molecule has 0 bridgehead atoms. The molecule has 2 aromatic carbocycles. The predicted octanol–water partition coefficient (Wildman–Crippen LogP) is 3.68. The number of anilines is 1. The van der Waals surface area contributed by atoms with Gasteiger partial charge in [-0.1, -0.05) is 0 Å². The van der Waals surface area contributed by atoms with E-state index in [1.165, 1.54) is 18.2 Å². The number of carboxylic acid groups (broad SMARTS) is 1. The molecule has 2 aromatic rings. The third kappa shape index (κ3) is 3.63. The molecule has 0 saturated carbocycles. The predicted molar refractivity (Wildman–Crippen MR) is 75.4 cm³/mol. The fraction of sp³-hybridized carbons (Fsp3) is 0. The Morgan fingerprint density at radius 2 is 1.62 bits per heavy atom. The molecule has 0 spiro atoms. The van der Waals surface area contributed by atoms with Crippen LogP contribution in [0.15, 0.2) is 40.9 Å². The molecule has 0 atom stereocenters. The van der Waals surface area contributed by atoms with E-state index < -0.39 is 23.5 Å². The van der Waals surface area contributed by atoms with Crippen molar-refractivity contribution < 1.29 is 23.5 Å². The quantitative estimate of drug-likeness (QED) is 0.882. The Bertz CT molecular complexity index is 714. The van der Waals surface area contributed by atoms with Crippen LogP contribution >= 0.6 is 15.9 Å². The third-order valence-corrected chi connectivity index (χ3v) is 3.28. The minimum atomic E-state index is -1.16. The first-order valence-corrected chi connectivity index (χ1v) is 6.46. The van der Waals surface area contributed by atoms with Gasteiger partial charge in [0.2, 0.25) is 0 Å². The number of nitrogens with one attached hydrogen (secondary N) is 1. The highest BCUT2D eigenvalue weighted by atomic mass is 79.9. The number of carboxylic acids is 1. The molecule has 4 nitrogen and oxygen atoms in total. The number of aromatic carboxylic acids is 1. The Morgan fingerprint density at radius 1 is 1.00 bits per heavy atom. The van der Waals surface area contributed by atoms with Gasteiger partial charge < -0.3 is 10.4 Å². The summed E-state index contributed by atoms with van der Waals surface area (Å²) in [6, 6.07) is 6.45. The lowest BCUT2D eigenvalue weighted by molar-refractivity contribution is 0.0696. The number of hydrogen-bond donors (Lipinski definition) is 2. The van der Waals surface area contributed by atoms with Gasteiger partial charge in [0.25, 0.3) is 5.91 Å². The maximum absolute atomic E-state index is 13.1. The van der Waals surface area contributed by atoms with E-state index in [9.17, 15) is 18.4 Å². The fourth-order valence-corrected chi connectivity index (χ4v) is 1.98. The molecular weight excluding hydrogens is 348 g/mol. The van der Waals surface area contributed by atoms with Gasteiger partial charge in [-0.25, -0.2) is 13.6 Å². The van der Waals surface area contributed by atoms with Gasteiger partial charge in [0, 0.05) is 16.1 Å². The Hall–Kier alpha value is -2.28. The molecule has 0 radical (unpaired) electrons.